The van der Waals surface area contributed by atoms with E-state index in [0.717, 1.165) is 17.0 Å². The van der Waals surface area contributed by atoms with Crippen LogP contribution < -0.4 is 10.1 Å². The summed E-state index contributed by atoms with van der Waals surface area (Å²) in [7, 11) is 0. The molecule has 1 aliphatic heterocycles. The highest BCUT2D eigenvalue weighted by atomic mass is 16.5. The summed E-state index contributed by atoms with van der Waals surface area (Å²) in [4.78, 5) is 11.9. The van der Waals surface area contributed by atoms with Crippen LogP contribution in [0.5, 0.6) is 5.75 Å². The van der Waals surface area contributed by atoms with Gasteiger partial charge in [0.25, 0.3) is 0 Å². The summed E-state index contributed by atoms with van der Waals surface area (Å²) in [6.45, 7) is 2.20. The van der Waals surface area contributed by atoms with Crippen LogP contribution in [0.2, 0.25) is 0 Å². The first kappa shape index (κ1) is 14.4. The van der Waals surface area contributed by atoms with Gasteiger partial charge in [0, 0.05) is 0 Å². The summed E-state index contributed by atoms with van der Waals surface area (Å²) < 4.78 is 11.2. The van der Waals surface area contributed by atoms with Gasteiger partial charge in [-0.1, -0.05) is 42.5 Å². The Bertz CT molecular complexity index is 642. The third kappa shape index (κ3) is 3.06. The van der Waals surface area contributed by atoms with Crippen molar-refractivity contribution in [1.29, 1.82) is 0 Å². The maximum atomic E-state index is 11.9. The molecule has 0 fully saturated rings. The van der Waals surface area contributed by atoms with E-state index in [1.807, 2.05) is 61.5 Å². The lowest BCUT2D eigenvalue weighted by Crippen LogP contribution is -2.37. The molecular weight excluding hydrogens is 278 g/mol. The zero-order chi connectivity index (χ0) is 15.4. The van der Waals surface area contributed by atoms with Crippen LogP contribution in [0.3, 0.4) is 0 Å². The Morgan fingerprint density at radius 1 is 1.14 bits per heavy atom. The Hall–Kier alpha value is -2.49. The summed E-state index contributed by atoms with van der Waals surface area (Å²) in [6, 6.07) is 17.5. The fraction of sp³-hybridized carbons (Fsp3) is 0.278. The molecule has 2 aromatic rings. The van der Waals surface area contributed by atoms with Gasteiger partial charge < -0.3 is 14.8 Å². The largest absolute Gasteiger partial charge is 0.481 e. The molecule has 2 aromatic carbocycles. The molecular formula is C18H19NO3. The number of fused-ring (bicyclic) bond motifs is 1. The zero-order valence-electron chi connectivity index (χ0n) is 12.5. The van der Waals surface area contributed by atoms with Crippen molar-refractivity contribution >= 4 is 11.7 Å². The molecule has 0 amide bonds. The van der Waals surface area contributed by atoms with E-state index >= 15 is 0 Å². The minimum absolute atomic E-state index is 0.156. The SMILES string of the molecule is CCOC(=O)CC1Nc2ccccc2OC1c1ccccc1. The number of carbonyl (C=O) groups is 1. The summed E-state index contributed by atoms with van der Waals surface area (Å²) in [5.74, 6) is 0.584. The minimum atomic E-state index is -0.222. The molecule has 0 saturated heterocycles. The van der Waals surface area contributed by atoms with Crippen LogP contribution in [-0.4, -0.2) is 18.6 Å². The predicted molar refractivity (Wildman–Crippen MR) is 84.9 cm³/mol. The molecule has 0 radical (unpaired) electrons. The molecule has 0 spiro atoms. The van der Waals surface area contributed by atoms with Crippen molar-refractivity contribution in [3.05, 3.63) is 60.2 Å². The third-order valence-corrected chi connectivity index (χ3v) is 3.67. The molecule has 2 unspecified atom stereocenters. The van der Waals surface area contributed by atoms with Crippen molar-refractivity contribution in [2.45, 2.75) is 25.5 Å². The Morgan fingerprint density at radius 3 is 2.64 bits per heavy atom. The Labute approximate surface area is 130 Å². The van der Waals surface area contributed by atoms with Crippen molar-refractivity contribution in [3.63, 3.8) is 0 Å². The summed E-state index contributed by atoms with van der Waals surface area (Å²) in [5.41, 5.74) is 1.95. The quantitative estimate of drug-likeness (QED) is 0.877. The topological polar surface area (TPSA) is 47.6 Å². The Kier molecular flexibility index (Phi) is 4.28. The van der Waals surface area contributed by atoms with Gasteiger partial charge in [-0.05, 0) is 24.6 Å². The van der Waals surface area contributed by atoms with E-state index in [2.05, 4.69) is 5.32 Å². The number of nitrogens with one attached hydrogen (secondary N) is 1. The van der Waals surface area contributed by atoms with E-state index in [4.69, 9.17) is 9.47 Å². The van der Waals surface area contributed by atoms with Crippen molar-refractivity contribution in [2.75, 3.05) is 11.9 Å². The first-order chi connectivity index (χ1) is 10.8. The van der Waals surface area contributed by atoms with Crippen LogP contribution in [0.15, 0.2) is 54.6 Å². The van der Waals surface area contributed by atoms with E-state index in [0.29, 0.717) is 6.61 Å². The molecule has 4 heteroatoms. The molecule has 22 heavy (non-hydrogen) atoms. The van der Waals surface area contributed by atoms with Gasteiger partial charge >= 0.3 is 5.97 Å². The number of rotatable bonds is 4. The fourth-order valence-corrected chi connectivity index (χ4v) is 2.68. The van der Waals surface area contributed by atoms with Gasteiger partial charge in [-0.15, -0.1) is 0 Å². The highest BCUT2D eigenvalue weighted by Gasteiger charge is 2.32. The number of anilines is 1. The predicted octanol–water partition coefficient (Wildman–Crippen LogP) is 3.55. The third-order valence-electron chi connectivity index (χ3n) is 3.67. The molecule has 3 rings (SSSR count). The monoisotopic (exact) mass is 297 g/mol. The van der Waals surface area contributed by atoms with Gasteiger partial charge in [-0.3, -0.25) is 4.79 Å². The maximum absolute atomic E-state index is 11.9. The number of para-hydroxylation sites is 2. The number of carbonyl (C=O) groups excluding carboxylic acids is 1. The fourth-order valence-electron chi connectivity index (χ4n) is 2.68. The van der Waals surface area contributed by atoms with Crippen LogP contribution in [0.1, 0.15) is 25.0 Å². The van der Waals surface area contributed by atoms with Crippen molar-refractivity contribution in [1.82, 2.24) is 0 Å². The highest BCUT2D eigenvalue weighted by molar-refractivity contribution is 5.72. The van der Waals surface area contributed by atoms with Gasteiger partial charge in [0.2, 0.25) is 0 Å². The molecule has 1 heterocycles. The highest BCUT2D eigenvalue weighted by Crippen LogP contribution is 2.38. The smallest absolute Gasteiger partial charge is 0.308 e. The second-order valence-electron chi connectivity index (χ2n) is 5.21. The molecule has 2 atom stereocenters. The molecule has 0 bridgehead atoms. The zero-order valence-corrected chi connectivity index (χ0v) is 12.5. The average Bonchev–Trinajstić information content (AvgIpc) is 2.55. The van der Waals surface area contributed by atoms with Gasteiger partial charge in [-0.25, -0.2) is 0 Å². The Balaban J connectivity index is 1.88. The first-order valence-corrected chi connectivity index (χ1v) is 7.50. The molecule has 0 aromatic heterocycles. The van der Waals surface area contributed by atoms with Crippen molar-refractivity contribution < 1.29 is 14.3 Å². The second kappa shape index (κ2) is 6.52. The molecule has 0 saturated carbocycles. The number of esters is 1. The van der Waals surface area contributed by atoms with Crippen LogP contribution in [0, 0.1) is 0 Å². The Morgan fingerprint density at radius 2 is 1.86 bits per heavy atom. The van der Waals surface area contributed by atoms with Crippen LogP contribution in [-0.2, 0) is 9.53 Å². The van der Waals surface area contributed by atoms with Gasteiger partial charge in [0.05, 0.1) is 24.8 Å². The molecule has 1 N–H and O–H groups in total. The first-order valence-electron chi connectivity index (χ1n) is 7.50. The normalized spacial score (nSPS) is 19.5. The number of ether oxygens (including phenoxy) is 2. The summed E-state index contributed by atoms with van der Waals surface area (Å²) >= 11 is 0. The number of hydrogen-bond acceptors (Lipinski definition) is 4. The van der Waals surface area contributed by atoms with Crippen LogP contribution in [0.4, 0.5) is 5.69 Å². The van der Waals surface area contributed by atoms with Gasteiger partial charge in [0.1, 0.15) is 11.9 Å². The average molecular weight is 297 g/mol. The molecule has 114 valence electrons. The van der Waals surface area contributed by atoms with Crippen molar-refractivity contribution in [2.24, 2.45) is 0 Å². The van der Waals surface area contributed by atoms with Crippen LogP contribution in [0.25, 0.3) is 0 Å². The lowest BCUT2D eigenvalue weighted by Gasteiger charge is -2.35. The molecule has 1 aliphatic rings. The van der Waals surface area contributed by atoms with E-state index in [1.54, 1.807) is 0 Å². The maximum Gasteiger partial charge on any atom is 0.308 e. The minimum Gasteiger partial charge on any atom is -0.481 e. The summed E-state index contributed by atoms with van der Waals surface area (Å²) in [5, 5.41) is 3.41. The van der Waals surface area contributed by atoms with Gasteiger partial charge in [0.15, 0.2) is 0 Å². The molecule has 0 aliphatic carbocycles. The van der Waals surface area contributed by atoms with E-state index in [1.165, 1.54) is 0 Å². The van der Waals surface area contributed by atoms with Crippen LogP contribution >= 0.6 is 0 Å². The molecule has 4 nitrogen and oxygen atoms in total. The number of benzene rings is 2. The second-order valence-corrected chi connectivity index (χ2v) is 5.21. The van der Waals surface area contributed by atoms with E-state index in [9.17, 15) is 4.79 Å². The van der Waals surface area contributed by atoms with Crippen molar-refractivity contribution in [3.8, 4) is 5.75 Å². The van der Waals surface area contributed by atoms with Gasteiger partial charge in [-0.2, -0.15) is 0 Å². The standard InChI is InChI=1S/C18H19NO3/c1-2-21-17(20)12-15-18(13-8-4-3-5-9-13)22-16-11-7-6-10-14(16)19-15/h3-11,15,18-19H,2,12H2,1H3. The number of hydrogen-bond donors (Lipinski definition) is 1. The lowest BCUT2D eigenvalue weighted by atomic mass is 9.97. The van der Waals surface area contributed by atoms with E-state index < -0.39 is 0 Å². The lowest BCUT2D eigenvalue weighted by molar-refractivity contribution is -0.143. The van der Waals surface area contributed by atoms with E-state index in [-0.39, 0.29) is 24.5 Å². The summed E-state index contributed by atoms with van der Waals surface area (Å²) in [6.07, 6.45) is 0.0439.